The number of amides is 1. The molecule has 0 spiro atoms. The molecule has 0 aliphatic rings. The standard InChI is InChI=1S/C10H12Cl3N3O2/c11-10(12,13)9(18)16-7-2-3-8(15-6-7)14-4-1-5-17/h2-3,6,17H,1,4-5H2,(H,14,15)(H,16,18). The van der Waals surface area contributed by atoms with Crippen LogP contribution in [0.5, 0.6) is 0 Å². The van der Waals surface area contributed by atoms with Crippen LogP contribution in [0, 0.1) is 0 Å². The Morgan fingerprint density at radius 2 is 2.11 bits per heavy atom. The molecule has 0 fully saturated rings. The number of halogens is 3. The van der Waals surface area contributed by atoms with Gasteiger partial charge in [0.2, 0.25) is 0 Å². The molecule has 0 aromatic carbocycles. The fourth-order valence-electron chi connectivity index (χ4n) is 1.07. The van der Waals surface area contributed by atoms with Gasteiger partial charge in [0.15, 0.2) is 0 Å². The number of carbonyl (C=O) groups is 1. The first-order chi connectivity index (χ1) is 8.43. The van der Waals surface area contributed by atoms with E-state index in [2.05, 4.69) is 15.6 Å². The third-order valence-electron chi connectivity index (χ3n) is 1.92. The Kier molecular flexibility index (Phi) is 5.95. The fourth-order valence-corrected chi connectivity index (χ4v) is 1.21. The van der Waals surface area contributed by atoms with E-state index in [-0.39, 0.29) is 6.61 Å². The quantitative estimate of drug-likeness (QED) is 0.575. The van der Waals surface area contributed by atoms with E-state index >= 15 is 0 Å². The van der Waals surface area contributed by atoms with Crippen molar-refractivity contribution in [3.8, 4) is 0 Å². The molecule has 0 unspecified atom stereocenters. The number of rotatable bonds is 5. The van der Waals surface area contributed by atoms with Crippen LogP contribution in [0.25, 0.3) is 0 Å². The van der Waals surface area contributed by atoms with E-state index < -0.39 is 9.70 Å². The molecular formula is C10H12Cl3N3O2. The van der Waals surface area contributed by atoms with Crippen LogP contribution in [0.15, 0.2) is 18.3 Å². The van der Waals surface area contributed by atoms with E-state index in [1.165, 1.54) is 6.20 Å². The summed E-state index contributed by atoms with van der Waals surface area (Å²) in [6.07, 6.45) is 2.07. The molecule has 0 aliphatic heterocycles. The van der Waals surface area contributed by atoms with Crippen molar-refractivity contribution >= 4 is 52.2 Å². The van der Waals surface area contributed by atoms with E-state index in [1.807, 2.05) is 0 Å². The van der Waals surface area contributed by atoms with Gasteiger partial charge in [-0.3, -0.25) is 4.79 Å². The second-order valence-corrected chi connectivity index (χ2v) is 5.67. The number of carbonyl (C=O) groups excluding carboxylic acids is 1. The second-order valence-electron chi connectivity index (χ2n) is 3.39. The van der Waals surface area contributed by atoms with Crippen molar-refractivity contribution in [3.05, 3.63) is 18.3 Å². The highest BCUT2D eigenvalue weighted by atomic mass is 35.6. The maximum absolute atomic E-state index is 11.4. The van der Waals surface area contributed by atoms with Gasteiger partial charge >= 0.3 is 0 Å². The van der Waals surface area contributed by atoms with Gasteiger partial charge in [0, 0.05) is 13.2 Å². The Hall–Kier alpha value is -0.750. The minimum absolute atomic E-state index is 0.115. The Morgan fingerprint density at radius 1 is 1.39 bits per heavy atom. The van der Waals surface area contributed by atoms with Crippen molar-refractivity contribution in [2.24, 2.45) is 0 Å². The smallest absolute Gasteiger partial charge is 0.276 e. The van der Waals surface area contributed by atoms with E-state index in [1.54, 1.807) is 12.1 Å². The molecule has 1 aromatic rings. The lowest BCUT2D eigenvalue weighted by molar-refractivity contribution is -0.115. The molecule has 18 heavy (non-hydrogen) atoms. The van der Waals surface area contributed by atoms with E-state index in [0.29, 0.717) is 24.5 Å². The lowest BCUT2D eigenvalue weighted by Crippen LogP contribution is -2.26. The molecular weight excluding hydrogens is 300 g/mol. The third-order valence-corrected chi connectivity index (χ3v) is 2.43. The Balaban J connectivity index is 2.53. The maximum Gasteiger partial charge on any atom is 0.276 e. The first kappa shape index (κ1) is 15.3. The number of anilines is 2. The van der Waals surface area contributed by atoms with Gasteiger partial charge in [-0.25, -0.2) is 4.98 Å². The van der Waals surface area contributed by atoms with Gasteiger partial charge in [-0.1, -0.05) is 34.8 Å². The van der Waals surface area contributed by atoms with Crippen LogP contribution in [0.1, 0.15) is 6.42 Å². The summed E-state index contributed by atoms with van der Waals surface area (Å²) in [7, 11) is 0. The molecule has 0 aliphatic carbocycles. The molecule has 1 rings (SSSR count). The van der Waals surface area contributed by atoms with Gasteiger partial charge in [0.25, 0.3) is 9.70 Å². The fraction of sp³-hybridized carbons (Fsp3) is 0.400. The molecule has 0 bridgehead atoms. The number of hydrogen-bond acceptors (Lipinski definition) is 4. The molecule has 1 amide bonds. The minimum atomic E-state index is -2.00. The summed E-state index contributed by atoms with van der Waals surface area (Å²) >= 11 is 16.2. The average molecular weight is 313 g/mol. The Morgan fingerprint density at radius 3 is 2.61 bits per heavy atom. The van der Waals surface area contributed by atoms with Crippen LogP contribution in [0.3, 0.4) is 0 Å². The van der Waals surface area contributed by atoms with Crippen molar-refractivity contribution in [2.75, 3.05) is 23.8 Å². The highest BCUT2D eigenvalue weighted by Crippen LogP contribution is 2.27. The number of aliphatic hydroxyl groups is 1. The normalized spacial score (nSPS) is 11.1. The number of hydrogen-bond donors (Lipinski definition) is 3. The summed E-state index contributed by atoms with van der Waals surface area (Å²) in [4.78, 5) is 15.4. The lowest BCUT2D eigenvalue weighted by atomic mass is 10.4. The zero-order valence-corrected chi connectivity index (χ0v) is 11.6. The van der Waals surface area contributed by atoms with Crippen molar-refractivity contribution < 1.29 is 9.90 Å². The molecule has 100 valence electrons. The highest BCUT2D eigenvalue weighted by Gasteiger charge is 2.30. The summed E-state index contributed by atoms with van der Waals surface area (Å²) in [5.41, 5.74) is 0.430. The zero-order valence-electron chi connectivity index (χ0n) is 9.29. The maximum atomic E-state index is 11.4. The molecule has 5 nitrogen and oxygen atoms in total. The van der Waals surface area contributed by atoms with Gasteiger partial charge in [-0.15, -0.1) is 0 Å². The number of nitrogens with zero attached hydrogens (tertiary/aromatic N) is 1. The molecule has 0 radical (unpaired) electrons. The van der Waals surface area contributed by atoms with Gasteiger partial charge < -0.3 is 15.7 Å². The molecule has 3 N–H and O–H groups in total. The SMILES string of the molecule is O=C(Nc1ccc(NCCCO)nc1)C(Cl)(Cl)Cl. The van der Waals surface area contributed by atoms with Crippen LogP contribution in [-0.2, 0) is 4.79 Å². The van der Waals surface area contributed by atoms with Crippen molar-refractivity contribution in [1.82, 2.24) is 4.98 Å². The minimum Gasteiger partial charge on any atom is -0.396 e. The molecule has 0 saturated carbocycles. The first-order valence-corrected chi connectivity index (χ1v) is 6.26. The molecule has 1 heterocycles. The average Bonchev–Trinajstić information content (AvgIpc) is 2.30. The topological polar surface area (TPSA) is 74.2 Å². The number of aromatic nitrogens is 1. The molecule has 0 atom stereocenters. The van der Waals surface area contributed by atoms with Gasteiger partial charge in [-0.2, -0.15) is 0 Å². The predicted molar refractivity (Wildman–Crippen MR) is 73.3 cm³/mol. The highest BCUT2D eigenvalue weighted by molar-refractivity contribution is 6.76. The third kappa shape index (κ3) is 5.27. The largest absolute Gasteiger partial charge is 0.396 e. The Bertz CT molecular complexity index is 392. The van der Waals surface area contributed by atoms with Crippen LogP contribution >= 0.6 is 34.8 Å². The van der Waals surface area contributed by atoms with Crippen molar-refractivity contribution in [3.63, 3.8) is 0 Å². The summed E-state index contributed by atoms with van der Waals surface area (Å²) in [5, 5.41) is 14.0. The van der Waals surface area contributed by atoms with Crippen LogP contribution < -0.4 is 10.6 Å². The number of nitrogens with one attached hydrogen (secondary N) is 2. The summed E-state index contributed by atoms with van der Waals surface area (Å²) in [6.45, 7) is 0.730. The van der Waals surface area contributed by atoms with Crippen LogP contribution in [0.2, 0.25) is 0 Å². The summed E-state index contributed by atoms with van der Waals surface area (Å²) in [6, 6.07) is 3.30. The van der Waals surface area contributed by atoms with Crippen molar-refractivity contribution in [2.45, 2.75) is 10.2 Å². The Labute approximate surface area is 119 Å². The second kappa shape index (κ2) is 6.99. The van der Waals surface area contributed by atoms with E-state index in [0.717, 1.165) is 0 Å². The number of pyridine rings is 1. The number of alkyl halides is 3. The summed E-state index contributed by atoms with van der Waals surface area (Å²) in [5.74, 6) is -0.106. The lowest BCUT2D eigenvalue weighted by Gasteiger charge is -2.11. The summed E-state index contributed by atoms with van der Waals surface area (Å²) < 4.78 is -2.00. The van der Waals surface area contributed by atoms with Gasteiger partial charge in [-0.05, 0) is 18.6 Å². The zero-order chi connectivity index (χ0) is 13.6. The predicted octanol–water partition coefficient (Wildman–Crippen LogP) is 2.18. The number of aliphatic hydroxyl groups excluding tert-OH is 1. The first-order valence-electron chi connectivity index (χ1n) is 5.12. The molecule has 8 heteroatoms. The van der Waals surface area contributed by atoms with Crippen molar-refractivity contribution in [1.29, 1.82) is 0 Å². The molecule has 0 saturated heterocycles. The molecule has 1 aromatic heterocycles. The van der Waals surface area contributed by atoms with Gasteiger partial charge in [0.1, 0.15) is 5.82 Å². The van der Waals surface area contributed by atoms with Crippen LogP contribution in [-0.4, -0.2) is 32.9 Å². The van der Waals surface area contributed by atoms with E-state index in [4.69, 9.17) is 39.9 Å². The van der Waals surface area contributed by atoms with E-state index in [9.17, 15) is 4.79 Å². The van der Waals surface area contributed by atoms with Crippen LogP contribution in [0.4, 0.5) is 11.5 Å². The monoisotopic (exact) mass is 311 g/mol. The van der Waals surface area contributed by atoms with Gasteiger partial charge in [0.05, 0.1) is 11.9 Å².